The first-order valence-electron chi connectivity index (χ1n) is 6.63. The molecule has 0 aliphatic rings. The standard InChI is InChI=1S/C15H20ClNO3/c1-4-10(3)17-13(8-14(18)19)15(20)11-5-6-12(16)9(2)7-11/h5-7,10,13,17H,4,8H2,1-3H3,(H,18,19). The van der Waals surface area contributed by atoms with Gasteiger partial charge in [0.1, 0.15) is 0 Å². The number of aliphatic carboxylic acids is 1. The zero-order valence-electron chi connectivity index (χ0n) is 11.9. The van der Waals surface area contributed by atoms with E-state index in [-0.39, 0.29) is 18.2 Å². The van der Waals surface area contributed by atoms with Gasteiger partial charge in [0.25, 0.3) is 0 Å². The number of halogens is 1. The molecule has 110 valence electrons. The second-order valence-corrected chi connectivity index (χ2v) is 5.36. The minimum atomic E-state index is -0.996. The Balaban J connectivity index is 2.96. The van der Waals surface area contributed by atoms with Crippen molar-refractivity contribution >= 4 is 23.4 Å². The SMILES string of the molecule is CCC(C)NC(CC(=O)O)C(=O)c1ccc(Cl)c(C)c1. The fourth-order valence-corrected chi connectivity index (χ4v) is 1.98. The number of aryl methyl sites for hydroxylation is 1. The van der Waals surface area contributed by atoms with Crippen molar-refractivity contribution in [3.63, 3.8) is 0 Å². The zero-order chi connectivity index (χ0) is 15.3. The van der Waals surface area contributed by atoms with Crippen LogP contribution in [0.4, 0.5) is 0 Å². The molecule has 1 aromatic carbocycles. The molecule has 2 unspecified atom stereocenters. The average Bonchev–Trinajstić information content (AvgIpc) is 2.39. The number of carboxylic acid groups (broad SMARTS) is 1. The molecular formula is C15H20ClNO3. The second kappa shape index (κ2) is 7.41. The summed E-state index contributed by atoms with van der Waals surface area (Å²) in [6.45, 7) is 5.72. The van der Waals surface area contributed by atoms with Gasteiger partial charge in [-0.3, -0.25) is 9.59 Å². The normalized spacial score (nSPS) is 13.8. The van der Waals surface area contributed by atoms with Crippen LogP contribution in [-0.4, -0.2) is 28.9 Å². The number of carbonyl (C=O) groups excluding carboxylic acids is 1. The van der Waals surface area contributed by atoms with Crippen LogP contribution in [-0.2, 0) is 4.79 Å². The molecule has 0 saturated heterocycles. The fraction of sp³-hybridized carbons (Fsp3) is 0.467. The monoisotopic (exact) mass is 297 g/mol. The molecule has 20 heavy (non-hydrogen) atoms. The van der Waals surface area contributed by atoms with Gasteiger partial charge in [0.15, 0.2) is 5.78 Å². The van der Waals surface area contributed by atoms with Crippen LogP contribution in [0.5, 0.6) is 0 Å². The minimum absolute atomic E-state index is 0.0803. The summed E-state index contributed by atoms with van der Waals surface area (Å²) in [6, 6.07) is 4.34. The molecule has 0 fully saturated rings. The van der Waals surface area contributed by atoms with E-state index < -0.39 is 12.0 Å². The Morgan fingerprint density at radius 1 is 1.40 bits per heavy atom. The molecule has 0 heterocycles. The highest BCUT2D eigenvalue weighted by atomic mass is 35.5. The van der Waals surface area contributed by atoms with Crippen molar-refractivity contribution in [3.05, 3.63) is 34.3 Å². The highest BCUT2D eigenvalue weighted by Crippen LogP contribution is 2.18. The number of carboxylic acids is 1. The fourth-order valence-electron chi connectivity index (χ4n) is 1.86. The summed E-state index contributed by atoms with van der Waals surface area (Å²) >= 11 is 5.93. The largest absolute Gasteiger partial charge is 0.481 e. The van der Waals surface area contributed by atoms with Gasteiger partial charge in [0, 0.05) is 16.6 Å². The van der Waals surface area contributed by atoms with Gasteiger partial charge in [-0.15, -0.1) is 0 Å². The highest BCUT2D eigenvalue weighted by Gasteiger charge is 2.24. The molecule has 0 radical (unpaired) electrons. The third-order valence-electron chi connectivity index (χ3n) is 3.24. The Hall–Kier alpha value is -1.39. The van der Waals surface area contributed by atoms with E-state index in [0.29, 0.717) is 10.6 Å². The van der Waals surface area contributed by atoms with E-state index in [1.54, 1.807) is 18.2 Å². The molecule has 4 nitrogen and oxygen atoms in total. The Morgan fingerprint density at radius 3 is 2.55 bits per heavy atom. The van der Waals surface area contributed by atoms with Crippen LogP contribution < -0.4 is 5.32 Å². The van der Waals surface area contributed by atoms with Crippen LogP contribution in [0.2, 0.25) is 5.02 Å². The van der Waals surface area contributed by atoms with Gasteiger partial charge < -0.3 is 10.4 Å². The topological polar surface area (TPSA) is 66.4 Å². The van der Waals surface area contributed by atoms with Crippen molar-refractivity contribution in [3.8, 4) is 0 Å². The van der Waals surface area contributed by atoms with E-state index in [1.165, 1.54) is 0 Å². The summed E-state index contributed by atoms with van der Waals surface area (Å²) < 4.78 is 0. The lowest BCUT2D eigenvalue weighted by molar-refractivity contribution is -0.137. The number of carbonyl (C=O) groups is 2. The third-order valence-corrected chi connectivity index (χ3v) is 3.66. The van der Waals surface area contributed by atoms with E-state index in [4.69, 9.17) is 16.7 Å². The summed E-state index contributed by atoms with van der Waals surface area (Å²) in [5.41, 5.74) is 1.28. The van der Waals surface area contributed by atoms with Crippen LogP contribution in [0, 0.1) is 6.92 Å². The number of hydrogen-bond donors (Lipinski definition) is 2. The molecule has 1 aromatic rings. The molecule has 0 amide bonds. The average molecular weight is 298 g/mol. The molecule has 5 heteroatoms. The molecule has 0 aliphatic carbocycles. The van der Waals surface area contributed by atoms with Crippen LogP contribution in [0.25, 0.3) is 0 Å². The van der Waals surface area contributed by atoms with E-state index >= 15 is 0 Å². The number of nitrogens with one attached hydrogen (secondary N) is 1. The first kappa shape index (κ1) is 16.7. The summed E-state index contributed by atoms with van der Waals surface area (Å²) in [6.07, 6.45) is 0.591. The van der Waals surface area contributed by atoms with Crippen molar-refractivity contribution in [1.82, 2.24) is 5.32 Å². The number of ketones is 1. The predicted molar refractivity (Wildman–Crippen MR) is 79.4 cm³/mol. The lowest BCUT2D eigenvalue weighted by Crippen LogP contribution is -2.43. The molecule has 0 saturated carbocycles. The summed E-state index contributed by atoms with van der Waals surface area (Å²) in [7, 11) is 0. The van der Waals surface area contributed by atoms with Crippen LogP contribution in [0.15, 0.2) is 18.2 Å². The van der Waals surface area contributed by atoms with Crippen molar-refractivity contribution in [2.75, 3.05) is 0 Å². The van der Waals surface area contributed by atoms with Crippen LogP contribution >= 0.6 is 11.6 Å². The van der Waals surface area contributed by atoms with Crippen LogP contribution in [0.1, 0.15) is 42.6 Å². The molecule has 2 atom stereocenters. The Labute approximate surface area is 124 Å². The van der Waals surface area contributed by atoms with Gasteiger partial charge in [-0.25, -0.2) is 0 Å². The third kappa shape index (κ3) is 4.62. The zero-order valence-corrected chi connectivity index (χ0v) is 12.7. The van der Waals surface area contributed by atoms with E-state index in [9.17, 15) is 9.59 Å². The molecule has 2 N–H and O–H groups in total. The first-order valence-corrected chi connectivity index (χ1v) is 7.01. The van der Waals surface area contributed by atoms with Gasteiger partial charge in [-0.05, 0) is 44.0 Å². The van der Waals surface area contributed by atoms with E-state index in [0.717, 1.165) is 12.0 Å². The Bertz CT molecular complexity index is 502. The molecule has 0 bridgehead atoms. The lowest BCUT2D eigenvalue weighted by Gasteiger charge is -2.20. The maximum absolute atomic E-state index is 12.4. The number of Topliss-reactive ketones (excluding diaryl/α,β-unsaturated/α-hetero) is 1. The van der Waals surface area contributed by atoms with Gasteiger partial charge in [-0.1, -0.05) is 18.5 Å². The highest BCUT2D eigenvalue weighted by molar-refractivity contribution is 6.31. The summed E-state index contributed by atoms with van der Waals surface area (Å²) in [4.78, 5) is 23.3. The molecular weight excluding hydrogens is 278 g/mol. The Kier molecular flexibility index (Phi) is 6.17. The minimum Gasteiger partial charge on any atom is -0.481 e. The van der Waals surface area contributed by atoms with Gasteiger partial charge in [0.05, 0.1) is 12.5 Å². The molecule has 0 aromatic heterocycles. The summed E-state index contributed by atoms with van der Waals surface area (Å²) in [5, 5.41) is 12.6. The van der Waals surface area contributed by atoms with Crippen LogP contribution in [0.3, 0.4) is 0 Å². The van der Waals surface area contributed by atoms with Gasteiger partial charge in [0.2, 0.25) is 0 Å². The molecule has 0 aliphatic heterocycles. The smallest absolute Gasteiger partial charge is 0.305 e. The Morgan fingerprint density at radius 2 is 2.05 bits per heavy atom. The predicted octanol–water partition coefficient (Wildman–Crippen LogP) is 3.06. The van der Waals surface area contributed by atoms with Crippen molar-refractivity contribution in [1.29, 1.82) is 0 Å². The number of rotatable bonds is 7. The maximum atomic E-state index is 12.4. The number of benzene rings is 1. The van der Waals surface area contributed by atoms with Gasteiger partial charge >= 0.3 is 5.97 Å². The van der Waals surface area contributed by atoms with Crippen molar-refractivity contribution in [2.45, 2.75) is 45.7 Å². The first-order chi connectivity index (χ1) is 9.35. The van der Waals surface area contributed by atoms with Gasteiger partial charge in [-0.2, -0.15) is 0 Å². The number of hydrogen-bond acceptors (Lipinski definition) is 3. The van der Waals surface area contributed by atoms with E-state index in [2.05, 4.69) is 5.32 Å². The summed E-state index contributed by atoms with van der Waals surface area (Å²) in [5.74, 6) is -1.21. The second-order valence-electron chi connectivity index (χ2n) is 4.95. The molecule has 0 spiro atoms. The molecule has 1 rings (SSSR count). The van der Waals surface area contributed by atoms with Crippen molar-refractivity contribution < 1.29 is 14.7 Å². The quantitative estimate of drug-likeness (QED) is 0.759. The maximum Gasteiger partial charge on any atom is 0.305 e. The lowest BCUT2D eigenvalue weighted by atomic mass is 9.99. The van der Waals surface area contributed by atoms with Crippen molar-refractivity contribution in [2.24, 2.45) is 0 Å². The van der Waals surface area contributed by atoms with E-state index in [1.807, 2.05) is 20.8 Å².